The summed E-state index contributed by atoms with van der Waals surface area (Å²) in [6, 6.07) is 64.8. The van der Waals surface area contributed by atoms with E-state index in [4.69, 9.17) is 0 Å². The van der Waals surface area contributed by atoms with Crippen molar-refractivity contribution in [1.82, 2.24) is 0 Å². The van der Waals surface area contributed by atoms with E-state index in [0.717, 1.165) is 27.8 Å². The van der Waals surface area contributed by atoms with Gasteiger partial charge >= 0.3 is 0 Å². The van der Waals surface area contributed by atoms with Crippen molar-refractivity contribution in [3.8, 4) is 61.4 Å². The van der Waals surface area contributed by atoms with Gasteiger partial charge in [-0.3, -0.25) is 0 Å². The number of benzene rings is 9. The fraction of sp³-hybridized carbons (Fsp3) is 0.0204. The average Bonchev–Trinajstić information content (AvgIpc) is 3.17. The lowest BCUT2D eigenvalue weighted by Crippen LogP contribution is -1.92. The van der Waals surface area contributed by atoms with E-state index in [1.54, 1.807) is 6.07 Å². The molecule has 0 fully saturated rings. The Kier molecular flexibility index (Phi) is 7.25. The highest BCUT2D eigenvalue weighted by Gasteiger charge is 2.18. The van der Waals surface area contributed by atoms with Gasteiger partial charge in [0, 0.05) is 5.56 Å². The number of hydrogen-bond acceptors (Lipinski definition) is 1. The number of phenolic OH excluding ortho intramolecular Hbond substituents is 1. The number of aromatic hydroxyl groups is 1. The van der Waals surface area contributed by atoms with Crippen molar-refractivity contribution in [2.45, 2.75) is 6.92 Å². The van der Waals surface area contributed by atoms with Crippen molar-refractivity contribution in [1.29, 1.82) is 0 Å². The van der Waals surface area contributed by atoms with Crippen molar-refractivity contribution < 1.29 is 5.11 Å². The molecule has 9 aromatic carbocycles. The molecule has 0 spiro atoms. The topological polar surface area (TPSA) is 20.2 Å². The van der Waals surface area contributed by atoms with Crippen LogP contribution in [-0.4, -0.2) is 5.11 Å². The average molecular weight is 639 g/mol. The maximum absolute atomic E-state index is 10.7. The fourth-order valence-corrected chi connectivity index (χ4v) is 7.76. The second-order valence-electron chi connectivity index (χ2n) is 13.1. The molecule has 0 aliphatic heterocycles. The monoisotopic (exact) mass is 638 g/mol. The van der Waals surface area contributed by atoms with Crippen molar-refractivity contribution in [3.05, 3.63) is 188 Å². The summed E-state index contributed by atoms with van der Waals surface area (Å²) >= 11 is 0. The molecule has 0 unspecified atom stereocenters. The third-order valence-electron chi connectivity index (χ3n) is 10.2. The van der Waals surface area contributed by atoms with E-state index < -0.39 is 0 Å². The molecule has 236 valence electrons. The summed E-state index contributed by atoms with van der Waals surface area (Å²) in [6.45, 7) is 2.15. The zero-order chi connectivity index (χ0) is 33.6. The van der Waals surface area contributed by atoms with Crippen LogP contribution in [0.25, 0.3) is 88.0 Å². The molecule has 0 bridgehead atoms. The van der Waals surface area contributed by atoms with Gasteiger partial charge in [0.1, 0.15) is 5.75 Å². The molecule has 0 saturated heterocycles. The Balaban J connectivity index is 1.22. The Bertz CT molecular complexity index is 2680. The summed E-state index contributed by atoms with van der Waals surface area (Å²) in [4.78, 5) is 0. The molecule has 1 N–H and O–H groups in total. The lowest BCUT2D eigenvalue weighted by atomic mass is 9.84. The van der Waals surface area contributed by atoms with Crippen LogP contribution in [0, 0.1) is 6.92 Å². The molecule has 0 radical (unpaired) electrons. The normalized spacial score (nSPS) is 11.4. The molecular formula is C49H34O. The van der Waals surface area contributed by atoms with Crippen molar-refractivity contribution in [2.75, 3.05) is 0 Å². The first-order valence-electron chi connectivity index (χ1n) is 17.2. The lowest BCUT2D eigenvalue weighted by molar-refractivity contribution is 0.477. The van der Waals surface area contributed by atoms with Gasteiger partial charge in [-0.25, -0.2) is 0 Å². The highest BCUT2D eigenvalue weighted by Crippen LogP contribution is 2.45. The van der Waals surface area contributed by atoms with Crippen LogP contribution in [0.2, 0.25) is 0 Å². The maximum atomic E-state index is 10.7. The van der Waals surface area contributed by atoms with E-state index >= 15 is 0 Å². The number of phenols is 1. The van der Waals surface area contributed by atoms with Crippen LogP contribution in [0.5, 0.6) is 5.75 Å². The number of hydrogen-bond donors (Lipinski definition) is 1. The molecule has 9 rings (SSSR count). The lowest BCUT2D eigenvalue weighted by Gasteiger charge is -2.19. The Hall–Kier alpha value is -6.44. The maximum Gasteiger partial charge on any atom is 0.123 e. The van der Waals surface area contributed by atoms with E-state index in [9.17, 15) is 5.11 Å². The quantitative estimate of drug-likeness (QED) is 0.186. The van der Waals surface area contributed by atoms with Gasteiger partial charge in [-0.1, -0.05) is 158 Å². The molecule has 0 aromatic heterocycles. The van der Waals surface area contributed by atoms with E-state index in [-0.39, 0.29) is 0 Å². The summed E-state index contributed by atoms with van der Waals surface area (Å²) in [6.07, 6.45) is 0. The third kappa shape index (κ3) is 5.03. The summed E-state index contributed by atoms with van der Waals surface area (Å²) in [5.74, 6) is 0.294. The number of fused-ring (bicyclic) bond motifs is 3. The van der Waals surface area contributed by atoms with Crippen LogP contribution in [0.1, 0.15) is 5.56 Å². The highest BCUT2D eigenvalue weighted by molar-refractivity contribution is 6.21. The second kappa shape index (κ2) is 12.2. The van der Waals surface area contributed by atoms with Gasteiger partial charge in [-0.2, -0.15) is 0 Å². The van der Waals surface area contributed by atoms with Gasteiger partial charge in [0.2, 0.25) is 0 Å². The first kappa shape index (κ1) is 29.7. The molecule has 0 atom stereocenters. The fourth-order valence-electron chi connectivity index (χ4n) is 7.76. The molecule has 50 heavy (non-hydrogen) atoms. The van der Waals surface area contributed by atoms with E-state index in [2.05, 4.69) is 165 Å². The predicted molar refractivity (Wildman–Crippen MR) is 213 cm³/mol. The standard InChI is InChI=1S/C49H34O/c1-32-40(24-12-25-41(32)42-19-8-9-26-47(42)50)37-16-11-18-39(31-37)49-45-22-6-4-20-43(45)48(44-21-5-7-23-46(44)49)38-17-10-15-35(30-38)36-28-27-33-13-2-3-14-34(33)29-36/h2-31,50H,1H3. The minimum Gasteiger partial charge on any atom is -0.507 e. The van der Waals surface area contributed by atoms with Crippen molar-refractivity contribution >= 4 is 32.3 Å². The van der Waals surface area contributed by atoms with E-state index in [0.29, 0.717) is 5.75 Å². The molecule has 0 amide bonds. The smallest absolute Gasteiger partial charge is 0.123 e. The molecule has 1 heteroatoms. The first-order valence-corrected chi connectivity index (χ1v) is 17.2. The SMILES string of the molecule is Cc1c(-c2cccc(-c3c4ccccc4c(-c4cccc(-c5ccc6ccccc6c5)c4)c4ccccc34)c2)cccc1-c1ccccc1O. The number of para-hydroxylation sites is 1. The highest BCUT2D eigenvalue weighted by atomic mass is 16.3. The zero-order valence-corrected chi connectivity index (χ0v) is 27.8. The first-order chi connectivity index (χ1) is 24.6. The van der Waals surface area contributed by atoms with Crippen LogP contribution in [0.15, 0.2) is 182 Å². The molecule has 0 aliphatic carbocycles. The molecule has 0 heterocycles. The van der Waals surface area contributed by atoms with Crippen LogP contribution < -0.4 is 0 Å². The van der Waals surface area contributed by atoms with Gasteiger partial charge in [0.05, 0.1) is 0 Å². The van der Waals surface area contributed by atoms with E-state index in [1.165, 1.54) is 65.7 Å². The number of rotatable bonds is 5. The molecular weight excluding hydrogens is 605 g/mol. The van der Waals surface area contributed by atoms with E-state index in [1.807, 2.05) is 18.2 Å². The summed E-state index contributed by atoms with van der Waals surface area (Å²) in [5.41, 5.74) is 12.6. The van der Waals surface area contributed by atoms with Crippen molar-refractivity contribution in [2.24, 2.45) is 0 Å². The zero-order valence-electron chi connectivity index (χ0n) is 27.8. The largest absolute Gasteiger partial charge is 0.507 e. The summed E-state index contributed by atoms with van der Waals surface area (Å²) in [5, 5.41) is 18.1. The molecule has 9 aromatic rings. The van der Waals surface area contributed by atoms with Gasteiger partial charge in [0.25, 0.3) is 0 Å². The van der Waals surface area contributed by atoms with Crippen LogP contribution in [-0.2, 0) is 0 Å². The predicted octanol–water partition coefficient (Wildman–Crippen LogP) is 13.5. The van der Waals surface area contributed by atoms with Crippen LogP contribution >= 0.6 is 0 Å². The minimum atomic E-state index is 0.294. The van der Waals surface area contributed by atoms with Gasteiger partial charge in [0.15, 0.2) is 0 Å². The van der Waals surface area contributed by atoms with Gasteiger partial charge in [-0.05, 0) is 119 Å². The van der Waals surface area contributed by atoms with Crippen LogP contribution in [0.4, 0.5) is 0 Å². The minimum absolute atomic E-state index is 0.294. The third-order valence-corrected chi connectivity index (χ3v) is 10.2. The second-order valence-corrected chi connectivity index (χ2v) is 13.1. The molecule has 0 aliphatic rings. The van der Waals surface area contributed by atoms with Crippen LogP contribution in [0.3, 0.4) is 0 Å². The van der Waals surface area contributed by atoms with Gasteiger partial charge in [-0.15, -0.1) is 0 Å². The van der Waals surface area contributed by atoms with Gasteiger partial charge < -0.3 is 5.11 Å². The molecule has 0 saturated carbocycles. The van der Waals surface area contributed by atoms with Crippen molar-refractivity contribution in [3.63, 3.8) is 0 Å². The molecule has 1 nitrogen and oxygen atoms in total. The summed E-state index contributed by atoms with van der Waals surface area (Å²) in [7, 11) is 0. The Labute approximate surface area is 292 Å². The Morgan fingerprint density at radius 3 is 1.44 bits per heavy atom. The Morgan fingerprint density at radius 2 is 0.780 bits per heavy atom. The Morgan fingerprint density at radius 1 is 0.320 bits per heavy atom. The summed E-state index contributed by atoms with van der Waals surface area (Å²) < 4.78 is 0.